The predicted octanol–water partition coefficient (Wildman–Crippen LogP) is 3.89. The lowest BCUT2D eigenvalue weighted by molar-refractivity contribution is -0.120. The maximum atomic E-state index is 12.6. The number of hydrogen-bond donors (Lipinski definition) is 1. The molecule has 22 heavy (non-hydrogen) atoms. The van der Waals surface area contributed by atoms with E-state index in [9.17, 15) is 4.79 Å². The Hall–Kier alpha value is -1.40. The Morgan fingerprint density at radius 1 is 1.18 bits per heavy atom. The van der Waals surface area contributed by atoms with Gasteiger partial charge in [0.25, 0.3) is 0 Å². The van der Waals surface area contributed by atoms with Gasteiger partial charge in [-0.1, -0.05) is 36.4 Å². The van der Waals surface area contributed by atoms with E-state index in [0.29, 0.717) is 0 Å². The van der Waals surface area contributed by atoms with Gasteiger partial charge in [0.1, 0.15) is 0 Å². The molecule has 2 aromatic rings. The van der Waals surface area contributed by atoms with Crippen molar-refractivity contribution in [2.75, 3.05) is 11.9 Å². The van der Waals surface area contributed by atoms with Crippen LogP contribution < -0.4 is 5.32 Å². The molecule has 1 aliphatic heterocycles. The van der Waals surface area contributed by atoms with E-state index in [-0.39, 0.29) is 11.9 Å². The minimum absolute atomic E-state index is 0.0296. The van der Waals surface area contributed by atoms with Crippen LogP contribution in [-0.2, 0) is 11.3 Å². The van der Waals surface area contributed by atoms with Crippen molar-refractivity contribution in [1.82, 2.24) is 4.90 Å². The highest BCUT2D eigenvalue weighted by Crippen LogP contribution is 2.22. The van der Waals surface area contributed by atoms with Crippen molar-refractivity contribution in [1.29, 1.82) is 0 Å². The Labute approximate surface area is 144 Å². The Kier molecular flexibility index (Phi) is 5.10. The SMILES string of the molecule is O=C(Nc1cccc(I)c1)C1CCCN1Cc1ccccc1. The number of carbonyl (C=O) groups is 1. The Bertz CT molecular complexity index is 645. The number of rotatable bonds is 4. The third kappa shape index (κ3) is 3.87. The van der Waals surface area contributed by atoms with Crippen molar-refractivity contribution >= 4 is 34.2 Å². The summed E-state index contributed by atoms with van der Waals surface area (Å²) in [4.78, 5) is 14.8. The highest BCUT2D eigenvalue weighted by molar-refractivity contribution is 14.1. The topological polar surface area (TPSA) is 32.3 Å². The van der Waals surface area contributed by atoms with Crippen LogP contribution in [0, 0.1) is 3.57 Å². The molecule has 0 aromatic heterocycles. The van der Waals surface area contributed by atoms with Gasteiger partial charge >= 0.3 is 0 Å². The zero-order valence-corrected chi connectivity index (χ0v) is 14.5. The fraction of sp³-hybridized carbons (Fsp3) is 0.278. The van der Waals surface area contributed by atoms with Gasteiger partial charge in [0.15, 0.2) is 0 Å². The first kappa shape index (κ1) is 15.5. The summed E-state index contributed by atoms with van der Waals surface area (Å²) in [5.41, 5.74) is 2.14. The lowest BCUT2D eigenvalue weighted by Crippen LogP contribution is -2.39. The number of benzene rings is 2. The maximum absolute atomic E-state index is 12.6. The van der Waals surface area contributed by atoms with E-state index in [1.165, 1.54) is 5.56 Å². The summed E-state index contributed by atoms with van der Waals surface area (Å²) in [5.74, 6) is 0.107. The summed E-state index contributed by atoms with van der Waals surface area (Å²) < 4.78 is 1.13. The minimum Gasteiger partial charge on any atom is -0.325 e. The van der Waals surface area contributed by atoms with E-state index < -0.39 is 0 Å². The van der Waals surface area contributed by atoms with Crippen molar-refractivity contribution in [2.24, 2.45) is 0 Å². The fourth-order valence-electron chi connectivity index (χ4n) is 2.92. The predicted molar refractivity (Wildman–Crippen MR) is 97.7 cm³/mol. The molecule has 1 heterocycles. The van der Waals surface area contributed by atoms with E-state index in [4.69, 9.17) is 0 Å². The standard InChI is InChI=1S/C18H19IN2O/c19-15-8-4-9-16(12-15)20-18(22)17-10-5-11-21(17)13-14-6-2-1-3-7-14/h1-4,6-9,12,17H,5,10-11,13H2,(H,20,22). The summed E-state index contributed by atoms with van der Waals surface area (Å²) in [7, 11) is 0. The van der Waals surface area contributed by atoms with Gasteiger partial charge < -0.3 is 5.32 Å². The molecule has 0 spiro atoms. The molecule has 0 saturated carbocycles. The first-order valence-corrected chi connectivity index (χ1v) is 8.65. The Morgan fingerprint density at radius 2 is 2.00 bits per heavy atom. The van der Waals surface area contributed by atoms with Crippen molar-refractivity contribution in [2.45, 2.75) is 25.4 Å². The number of anilines is 1. The molecule has 3 rings (SSSR count). The normalized spacial score (nSPS) is 18.3. The quantitative estimate of drug-likeness (QED) is 0.782. The molecule has 1 saturated heterocycles. The van der Waals surface area contributed by atoms with Gasteiger partial charge in [-0.3, -0.25) is 9.69 Å². The molecule has 1 aliphatic rings. The van der Waals surface area contributed by atoms with Gasteiger partial charge in [0.05, 0.1) is 6.04 Å². The summed E-state index contributed by atoms with van der Waals surface area (Å²) in [6.45, 7) is 1.82. The van der Waals surface area contributed by atoms with E-state index in [1.807, 2.05) is 42.5 Å². The van der Waals surface area contributed by atoms with E-state index >= 15 is 0 Å². The number of nitrogens with one attached hydrogen (secondary N) is 1. The number of amides is 1. The summed E-state index contributed by atoms with van der Waals surface area (Å²) in [5, 5.41) is 3.06. The number of likely N-dealkylation sites (tertiary alicyclic amines) is 1. The van der Waals surface area contributed by atoms with Crippen LogP contribution in [0.15, 0.2) is 54.6 Å². The molecule has 2 aromatic carbocycles. The average molecular weight is 406 g/mol. The molecule has 114 valence electrons. The second-order valence-electron chi connectivity index (χ2n) is 5.61. The van der Waals surface area contributed by atoms with Gasteiger partial charge in [-0.15, -0.1) is 0 Å². The van der Waals surface area contributed by atoms with E-state index in [0.717, 1.165) is 35.2 Å². The fourth-order valence-corrected chi connectivity index (χ4v) is 3.47. The molecular formula is C18H19IN2O. The number of hydrogen-bond acceptors (Lipinski definition) is 2. The largest absolute Gasteiger partial charge is 0.325 e. The molecule has 3 nitrogen and oxygen atoms in total. The smallest absolute Gasteiger partial charge is 0.241 e. The van der Waals surface area contributed by atoms with E-state index in [2.05, 4.69) is 44.9 Å². The summed E-state index contributed by atoms with van der Waals surface area (Å²) in [6.07, 6.45) is 2.01. The molecule has 1 unspecified atom stereocenters. The Morgan fingerprint density at radius 3 is 2.77 bits per heavy atom. The van der Waals surface area contributed by atoms with Crippen LogP contribution in [0.1, 0.15) is 18.4 Å². The third-order valence-corrected chi connectivity index (χ3v) is 4.66. The molecule has 1 N–H and O–H groups in total. The first-order chi connectivity index (χ1) is 10.7. The minimum atomic E-state index is -0.0296. The highest BCUT2D eigenvalue weighted by atomic mass is 127. The first-order valence-electron chi connectivity index (χ1n) is 7.57. The molecule has 1 atom stereocenters. The number of halogens is 1. The van der Waals surface area contributed by atoms with Crippen molar-refractivity contribution < 1.29 is 4.79 Å². The van der Waals surface area contributed by atoms with Crippen molar-refractivity contribution in [3.05, 3.63) is 63.7 Å². The zero-order valence-electron chi connectivity index (χ0n) is 12.3. The Balaban J connectivity index is 1.66. The van der Waals surface area contributed by atoms with Gasteiger partial charge in [0.2, 0.25) is 5.91 Å². The molecular weight excluding hydrogens is 387 g/mol. The molecule has 0 radical (unpaired) electrons. The monoisotopic (exact) mass is 406 g/mol. The van der Waals surface area contributed by atoms with Gasteiger partial charge in [-0.05, 0) is 65.7 Å². The molecule has 0 aliphatic carbocycles. The van der Waals surface area contributed by atoms with E-state index in [1.54, 1.807) is 0 Å². The molecule has 1 fully saturated rings. The van der Waals surface area contributed by atoms with Crippen LogP contribution in [0.5, 0.6) is 0 Å². The van der Waals surface area contributed by atoms with Crippen LogP contribution in [-0.4, -0.2) is 23.4 Å². The van der Waals surface area contributed by atoms with Gasteiger partial charge in [0, 0.05) is 15.8 Å². The van der Waals surface area contributed by atoms with Crippen LogP contribution in [0.3, 0.4) is 0 Å². The molecule has 0 bridgehead atoms. The van der Waals surface area contributed by atoms with Gasteiger partial charge in [-0.2, -0.15) is 0 Å². The number of carbonyl (C=O) groups excluding carboxylic acids is 1. The van der Waals surface area contributed by atoms with Crippen LogP contribution in [0.2, 0.25) is 0 Å². The van der Waals surface area contributed by atoms with Crippen LogP contribution in [0.4, 0.5) is 5.69 Å². The van der Waals surface area contributed by atoms with Crippen LogP contribution >= 0.6 is 22.6 Å². The van der Waals surface area contributed by atoms with Crippen molar-refractivity contribution in [3.63, 3.8) is 0 Å². The zero-order chi connectivity index (χ0) is 15.4. The van der Waals surface area contributed by atoms with Crippen molar-refractivity contribution in [3.8, 4) is 0 Å². The molecule has 4 heteroatoms. The third-order valence-electron chi connectivity index (χ3n) is 3.99. The van der Waals surface area contributed by atoms with Crippen LogP contribution in [0.25, 0.3) is 0 Å². The molecule has 1 amide bonds. The summed E-state index contributed by atoms with van der Waals surface area (Å²) >= 11 is 2.26. The highest BCUT2D eigenvalue weighted by Gasteiger charge is 2.30. The lowest BCUT2D eigenvalue weighted by atomic mass is 10.1. The van der Waals surface area contributed by atoms with Gasteiger partial charge in [-0.25, -0.2) is 0 Å². The second-order valence-corrected chi connectivity index (χ2v) is 6.86. The number of nitrogens with zero attached hydrogens (tertiary/aromatic N) is 1. The maximum Gasteiger partial charge on any atom is 0.241 e. The second kappa shape index (κ2) is 7.24. The average Bonchev–Trinajstić information content (AvgIpc) is 2.96. The summed E-state index contributed by atoms with van der Waals surface area (Å²) in [6, 6.07) is 18.2. The lowest BCUT2D eigenvalue weighted by Gasteiger charge is -2.23.